The normalized spacial score (nSPS) is 12.8. The first kappa shape index (κ1) is 23.8. The van der Waals surface area contributed by atoms with Crippen molar-refractivity contribution in [1.82, 2.24) is 14.9 Å². The van der Waals surface area contributed by atoms with Gasteiger partial charge in [-0.15, -0.1) is 0 Å². The average Bonchev–Trinajstić information content (AvgIpc) is 2.66. The van der Waals surface area contributed by atoms with Gasteiger partial charge in [0.05, 0.1) is 13.2 Å². The van der Waals surface area contributed by atoms with E-state index in [-0.39, 0.29) is 40.7 Å². The first-order valence-electron chi connectivity index (χ1n) is 9.45. The number of benzene rings is 2. The van der Waals surface area contributed by atoms with E-state index in [1.807, 2.05) is 19.0 Å². The largest absolute Gasteiger partial charge is 0.495 e. The predicted molar refractivity (Wildman–Crippen MR) is 114 cm³/mol. The highest BCUT2D eigenvalue weighted by Crippen LogP contribution is 2.25. The van der Waals surface area contributed by atoms with Gasteiger partial charge in [0.25, 0.3) is 5.91 Å². The van der Waals surface area contributed by atoms with Gasteiger partial charge < -0.3 is 15.0 Å². The second kappa shape index (κ2) is 10.0. The van der Waals surface area contributed by atoms with Crippen LogP contribution in [0.3, 0.4) is 0 Å². The van der Waals surface area contributed by atoms with Gasteiger partial charge in [-0.25, -0.2) is 17.5 Å². The molecule has 0 saturated carbocycles. The van der Waals surface area contributed by atoms with Gasteiger partial charge in [-0.2, -0.15) is 0 Å². The SMILES string of the molecule is COc1ccc(C(=O)NCC(c2cccc(F)c2)N(C)C)cc1S(=O)(=O)NC(C)C. The van der Waals surface area contributed by atoms with Gasteiger partial charge >= 0.3 is 0 Å². The summed E-state index contributed by atoms with van der Waals surface area (Å²) in [6, 6.07) is 9.84. The summed E-state index contributed by atoms with van der Waals surface area (Å²) in [6.45, 7) is 3.62. The van der Waals surface area contributed by atoms with Crippen LogP contribution in [0.4, 0.5) is 4.39 Å². The van der Waals surface area contributed by atoms with E-state index in [1.165, 1.54) is 37.4 Å². The van der Waals surface area contributed by atoms with Crippen molar-refractivity contribution in [2.45, 2.75) is 30.8 Å². The topological polar surface area (TPSA) is 87.7 Å². The predicted octanol–water partition coefficient (Wildman–Crippen LogP) is 2.55. The monoisotopic (exact) mass is 437 g/mol. The van der Waals surface area contributed by atoms with Crippen LogP contribution in [0.25, 0.3) is 0 Å². The number of carbonyl (C=O) groups is 1. The third-order valence-corrected chi connectivity index (χ3v) is 6.10. The molecule has 30 heavy (non-hydrogen) atoms. The first-order valence-corrected chi connectivity index (χ1v) is 10.9. The minimum absolute atomic E-state index is 0.111. The van der Waals surface area contributed by atoms with E-state index in [0.29, 0.717) is 0 Å². The van der Waals surface area contributed by atoms with Crippen LogP contribution in [0.2, 0.25) is 0 Å². The summed E-state index contributed by atoms with van der Waals surface area (Å²) in [7, 11) is 1.17. The molecule has 9 heteroatoms. The zero-order valence-corrected chi connectivity index (χ0v) is 18.6. The van der Waals surface area contributed by atoms with Gasteiger partial charge in [-0.05, 0) is 63.8 Å². The number of carbonyl (C=O) groups excluding carboxylic acids is 1. The molecule has 2 rings (SSSR count). The molecule has 1 amide bonds. The molecule has 2 aromatic rings. The number of sulfonamides is 1. The van der Waals surface area contributed by atoms with Crippen LogP contribution in [0, 0.1) is 5.82 Å². The summed E-state index contributed by atoms with van der Waals surface area (Å²) in [5.74, 6) is -0.652. The lowest BCUT2D eigenvalue weighted by Crippen LogP contribution is -2.35. The zero-order valence-electron chi connectivity index (χ0n) is 17.8. The van der Waals surface area contributed by atoms with E-state index >= 15 is 0 Å². The summed E-state index contributed by atoms with van der Waals surface area (Å²) in [5, 5.41) is 2.80. The minimum Gasteiger partial charge on any atom is -0.495 e. The Morgan fingerprint density at radius 1 is 1.17 bits per heavy atom. The molecule has 164 valence electrons. The molecule has 0 aliphatic rings. The molecule has 0 heterocycles. The number of rotatable bonds is 9. The van der Waals surface area contributed by atoms with Crippen LogP contribution in [-0.2, 0) is 10.0 Å². The lowest BCUT2D eigenvalue weighted by molar-refractivity contribution is 0.0941. The second-order valence-corrected chi connectivity index (χ2v) is 9.07. The molecule has 0 bridgehead atoms. The number of hydrogen-bond acceptors (Lipinski definition) is 5. The molecular weight excluding hydrogens is 409 g/mol. The Labute approximate surface area is 177 Å². The Bertz CT molecular complexity index is 993. The van der Waals surface area contributed by atoms with Crippen LogP contribution < -0.4 is 14.8 Å². The van der Waals surface area contributed by atoms with Crippen molar-refractivity contribution in [2.75, 3.05) is 27.7 Å². The summed E-state index contributed by atoms with van der Waals surface area (Å²) in [4.78, 5) is 14.5. The maximum Gasteiger partial charge on any atom is 0.251 e. The van der Waals surface area contributed by atoms with Gasteiger partial charge in [0.2, 0.25) is 10.0 Å². The van der Waals surface area contributed by atoms with E-state index in [1.54, 1.807) is 26.0 Å². The van der Waals surface area contributed by atoms with Gasteiger partial charge in [-0.3, -0.25) is 4.79 Å². The fourth-order valence-electron chi connectivity index (χ4n) is 3.01. The van der Waals surface area contributed by atoms with E-state index in [2.05, 4.69) is 10.0 Å². The van der Waals surface area contributed by atoms with Crippen LogP contribution in [0.5, 0.6) is 5.75 Å². The molecule has 0 radical (unpaired) electrons. The minimum atomic E-state index is -3.86. The molecule has 0 aliphatic heterocycles. The number of methoxy groups -OCH3 is 1. The van der Waals surface area contributed by atoms with Gasteiger partial charge in [-0.1, -0.05) is 12.1 Å². The standard InChI is InChI=1S/C21H28FN3O4S/c1-14(2)24-30(27,28)20-12-16(9-10-19(20)29-5)21(26)23-13-18(25(3)4)15-7-6-8-17(22)11-15/h6-12,14,18,24H,13H2,1-5H3,(H,23,26). The highest BCUT2D eigenvalue weighted by molar-refractivity contribution is 7.89. The average molecular weight is 438 g/mol. The maximum atomic E-state index is 13.6. The van der Waals surface area contributed by atoms with Crippen molar-refractivity contribution in [1.29, 1.82) is 0 Å². The third kappa shape index (κ3) is 6.01. The molecule has 2 aromatic carbocycles. The first-order chi connectivity index (χ1) is 14.0. The Kier molecular flexibility index (Phi) is 7.94. The third-order valence-electron chi connectivity index (χ3n) is 4.42. The molecule has 0 saturated heterocycles. The Morgan fingerprint density at radius 3 is 2.43 bits per heavy atom. The van der Waals surface area contributed by atoms with Crippen molar-refractivity contribution < 1.29 is 22.3 Å². The number of hydrogen-bond donors (Lipinski definition) is 2. The highest BCUT2D eigenvalue weighted by atomic mass is 32.2. The van der Waals surface area contributed by atoms with Crippen LogP contribution in [0.15, 0.2) is 47.4 Å². The smallest absolute Gasteiger partial charge is 0.251 e. The van der Waals surface area contributed by atoms with Gasteiger partial charge in [0.15, 0.2) is 0 Å². The number of likely N-dealkylation sites (N-methyl/N-ethyl adjacent to an activating group) is 1. The highest BCUT2D eigenvalue weighted by Gasteiger charge is 2.23. The van der Waals surface area contributed by atoms with E-state index < -0.39 is 15.9 Å². The zero-order chi connectivity index (χ0) is 22.5. The summed E-state index contributed by atoms with van der Waals surface area (Å²) >= 11 is 0. The van der Waals surface area contributed by atoms with E-state index in [0.717, 1.165) is 5.56 Å². The number of amides is 1. The summed E-state index contributed by atoms with van der Waals surface area (Å²) < 4.78 is 46.4. The fourth-order valence-corrected chi connectivity index (χ4v) is 4.45. The van der Waals surface area contributed by atoms with E-state index in [9.17, 15) is 17.6 Å². The molecule has 0 spiro atoms. The molecular formula is C21H28FN3O4S. The van der Waals surface area contributed by atoms with Crippen molar-refractivity contribution in [3.05, 3.63) is 59.4 Å². The quantitative estimate of drug-likeness (QED) is 0.630. The van der Waals surface area contributed by atoms with Gasteiger partial charge in [0, 0.05) is 18.2 Å². The maximum absolute atomic E-state index is 13.6. The van der Waals surface area contributed by atoms with Crippen LogP contribution >= 0.6 is 0 Å². The van der Waals surface area contributed by atoms with Crippen molar-refractivity contribution in [2.24, 2.45) is 0 Å². The Balaban J connectivity index is 2.25. The van der Waals surface area contributed by atoms with Crippen LogP contribution in [0.1, 0.15) is 35.8 Å². The Morgan fingerprint density at radius 2 is 1.87 bits per heavy atom. The lowest BCUT2D eigenvalue weighted by Gasteiger charge is -2.25. The van der Waals surface area contributed by atoms with Crippen molar-refractivity contribution in [3.8, 4) is 5.75 Å². The molecule has 1 atom stereocenters. The van der Waals surface area contributed by atoms with Crippen LogP contribution in [-0.4, -0.2) is 53.0 Å². The second-order valence-electron chi connectivity index (χ2n) is 7.39. The molecule has 0 aromatic heterocycles. The lowest BCUT2D eigenvalue weighted by atomic mass is 10.1. The molecule has 0 fully saturated rings. The molecule has 1 unspecified atom stereocenters. The summed E-state index contributed by atoms with van der Waals surface area (Å²) in [5.41, 5.74) is 0.899. The van der Waals surface area contributed by atoms with Crippen molar-refractivity contribution >= 4 is 15.9 Å². The van der Waals surface area contributed by atoms with Gasteiger partial charge in [0.1, 0.15) is 16.5 Å². The fraction of sp³-hybridized carbons (Fsp3) is 0.381. The Hall–Kier alpha value is -2.49. The number of ether oxygens (including phenoxy) is 1. The molecule has 2 N–H and O–H groups in total. The van der Waals surface area contributed by atoms with E-state index in [4.69, 9.17) is 4.74 Å². The number of nitrogens with one attached hydrogen (secondary N) is 2. The number of nitrogens with zero attached hydrogens (tertiary/aromatic N) is 1. The molecule has 0 aliphatic carbocycles. The molecule has 7 nitrogen and oxygen atoms in total. The number of halogens is 1. The summed E-state index contributed by atoms with van der Waals surface area (Å²) in [6.07, 6.45) is 0. The van der Waals surface area contributed by atoms with Crippen molar-refractivity contribution in [3.63, 3.8) is 0 Å².